The third kappa shape index (κ3) is 4.69. The molecule has 1 heteroatoms. The lowest BCUT2D eigenvalue weighted by Crippen LogP contribution is -1.95. The van der Waals surface area contributed by atoms with Crippen LogP contribution in [0.2, 0.25) is 6.55 Å². The summed E-state index contributed by atoms with van der Waals surface area (Å²) in [7, 11) is 0.980. The lowest BCUT2D eigenvalue weighted by molar-refractivity contribution is 1.13. The third-order valence-corrected chi connectivity index (χ3v) is 5.02. The van der Waals surface area contributed by atoms with Gasteiger partial charge in [0.25, 0.3) is 0 Å². The molecule has 120 valence electrons. The van der Waals surface area contributed by atoms with Crippen LogP contribution < -0.4 is 0 Å². The zero-order valence-electron chi connectivity index (χ0n) is 14.5. The molecule has 0 aliphatic rings. The van der Waals surface area contributed by atoms with Crippen LogP contribution in [0.4, 0.5) is 0 Å². The SMILES string of the molecule is C[Si]Cc1cccc(Cc2cccc(Cc3cccc(C)c3)c2)c1. The van der Waals surface area contributed by atoms with Crippen molar-refractivity contribution in [3.63, 3.8) is 0 Å². The number of benzene rings is 3. The Hall–Kier alpha value is -2.12. The fraction of sp³-hybridized carbons (Fsp3) is 0.217. The molecule has 0 saturated heterocycles. The van der Waals surface area contributed by atoms with Gasteiger partial charge in [-0.15, -0.1) is 0 Å². The van der Waals surface area contributed by atoms with Crippen molar-refractivity contribution in [2.24, 2.45) is 0 Å². The van der Waals surface area contributed by atoms with Crippen molar-refractivity contribution < 1.29 is 0 Å². The third-order valence-electron chi connectivity index (χ3n) is 4.26. The molecule has 0 fully saturated rings. The average molecular weight is 329 g/mol. The van der Waals surface area contributed by atoms with Crippen molar-refractivity contribution in [2.75, 3.05) is 0 Å². The van der Waals surface area contributed by atoms with Gasteiger partial charge in [0.2, 0.25) is 0 Å². The Kier molecular flexibility index (Phi) is 5.66. The maximum atomic E-state index is 2.36. The minimum absolute atomic E-state index is 0.980. The summed E-state index contributed by atoms with van der Waals surface area (Å²) in [5.41, 5.74) is 8.39. The highest BCUT2D eigenvalue weighted by atomic mass is 28.2. The number of hydrogen-bond acceptors (Lipinski definition) is 0. The lowest BCUT2D eigenvalue weighted by Gasteiger charge is -2.08. The van der Waals surface area contributed by atoms with Gasteiger partial charge in [0, 0.05) is 9.52 Å². The van der Waals surface area contributed by atoms with E-state index in [1.165, 1.54) is 39.4 Å². The minimum Gasteiger partial charge on any atom is -0.0730 e. The maximum Gasteiger partial charge on any atom is 0.0394 e. The standard InChI is InChI=1S/C23H24Si/c1-18-6-3-7-19(12-18)13-20-8-4-9-21(14-20)15-22-10-5-11-23(16-22)17-24-2/h3-12,14,16H,13,15,17H2,1-2H3. The quantitative estimate of drug-likeness (QED) is 0.529. The summed E-state index contributed by atoms with van der Waals surface area (Å²) < 4.78 is 0. The summed E-state index contributed by atoms with van der Waals surface area (Å²) >= 11 is 0. The Morgan fingerprint density at radius 2 is 1.08 bits per heavy atom. The molecule has 3 aromatic carbocycles. The first-order valence-corrected chi connectivity index (χ1v) is 10.3. The number of aryl methyl sites for hydroxylation is 1. The minimum atomic E-state index is 0.980. The summed E-state index contributed by atoms with van der Waals surface area (Å²) in [4.78, 5) is 0. The highest BCUT2D eigenvalue weighted by molar-refractivity contribution is 6.32. The molecule has 24 heavy (non-hydrogen) atoms. The second-order valence-corrected chi connectivity index (χ2v) is 7.57. The van der Waals surface area contributed by atoms with Crippen LogP contribution in [-0.4, -0.2) is 9.52 Å². The molecular weight excluding hydrogens is 304 g/mol. The summed E-state index contributed by atoms with van der Waals surface area (Å²) in [5.74, 6) is 0. The molecule has 3 aromatic rings. The largest absolute Gasteiger partial charge is 0.0730 e. The van der Waals surface area contributed by atoms with Crippen LogP contribution in [0.1, 0.15) is 33.4 Å². The molecule has 0 bridgehead atoms. The normalized spacial score (nSPS) is 10.8. The first kappa shape index (κ1) is 16.7. The Balaban J connectivity index is 1.74. The molecule has 0 aromatic heterocycles. The Morgan fingerprint density at radius 1 is 0.625 bits per heavy atom. The molecule has 0 aliphatic heterocycles. The number of hydrogen-bond donors (Lipinski definition) is 0. The second kappa shape index (κ2) is 8.12. The summed E-state index contributed by atoms with van der Waals surface area (Å²) in [6.07, 6.45) is 2.02. The van der Waals surface area contributed by atoms with Crippen LogP contribution in [0.3, 0.4) is 0 Å². The second-order valence-electron chi connectivity index (χ2n) is 6.51. The van der Waals surface area contributed by atoms with Crippen molar-refractivity contribution in [1.82, 2.24) is 0 Å². The maximum absolute atomic E-state index is 2.36. The van der Waals surface area contributed by atoms with E-state index in [1.54, 1.807) is 0 Å². The van der Waals surface area contributed by atoms with Crippen molar-refractivity contribution in [3.05, 3.63) is 106 Å². The first-order valence-electron chi connectivity index (χ1n) is 8.59. The monoisotopic (exact) mass is 328 g/mol. The average Bonchev–Trinajstić information content (AvgIpc) is 2.56. The molecule has 0 amide bonds. The van der Waals surface area contributed by atoms with E-state index < -0.39 is 0 Å². The molecule has 0 nitrogen and oxygen atoms in total. The molecule has 3 rings (SSSR count). The van der Waals surface area contributed by atoms with Crippen molar-refractivity contribution in [2.45, 2.75) is 32.4 Å². The highest BCUT2D eigenvalue weighted by Gasteiger charge is 2.02. The summed E-state index contributed by atoms with van der Waals surface area (Å²) in [5, 5.41) is 0. The molecule has 0 atom stereocenters. The van der Waals surface area contributed by atoms with E-state index in [-0.39, 0.29) is 0 Å². The van der Waals surface area contributed by atoms with Gasteiger partial charge in [-0.2, -0.15) is 0 Å². The molecule has 2 radical (unpaired) electrons. The van der Waals surface area contributed by atoms with Crippen molar-refractivity contribution in [1.29, 1.82) is 0 Å². The van der Waals surface area contributed by atoms with Gasteiger partial charge in [-0.25, -0.2) is 0 Å². The molecule has 0 saturated carbocycles. The van der Waals surface area contributed by atoms with Crippen LogP contribution in [-0.2, 0) is 18.9 Å². The fourth-order valence-corrected chi connectivity index (χ4v) is 3.82. The van der Waals surface area contributed by atoms with E-state index in [2.05, 4.69) is 86.3 Å². The first-order chi connectivity index (χ1) is 11.7. The Bertz CT molecular complexity index is 804. The van der Waals surface area contributed by atoms with E-state index in [0.29, 0.717) is 0 Å². The number of rotatable bonds is 6. The van der Waals surface area contributed by atoms with Crippen LogP contribution in [0.5, 0.6) is 0 Å². The van der Waals surface area contributed by atoms with Gasteiger partial charge in [0.1, 0.15) is 0 Å². The van der Waals surface area contributed by atoms with E-state index in [4.69, 9.17) is 0 Å². The van der Waals surface area contributed by atoms with Gasteiger partial charge in [0.05, 0.1) is 0 Å². The van der Waals surface area contributed by atoms with Crippen molar-refractivity contribution >= 4 is 9.52 Å². The van der Waals surface area contributed by atoms with Crippen LogP contribution in [0, 0.1) is 6.92 Å². The van der Waals surface area contributed by atoms with E-state index >= 15 is 0 Å². The lowest BCUT2D eigenvalue weighted by atomic mass is 9.98. The van der Waals surface area contributed by atoms with E-state index in [0.717, 1.165) is 22.4 Å². The van der Waals surface area contributed by atoms with Gasteiger partial charge in [0.15, 0.2) is 0 Å². The predicted molar refractivity (Wildman–Crippen MR) is 105 cm³/mol. The van der Waals surface area contributed by atoms with Crippen LogP contribution in [0.15, 0.2) is 72.8 Å². The molecule has 0 heterocycles. The highest BCUT2D eigenvalue weighted by Crippen LogP contribution is 2.16. The predicted octanol–water partition coefficient (Wildman–Crippen LogP) is 5.43. The fourth-order valence-electron chi connectivity index (χ4n) is 3.20. The molecule has 0 unspecified atom stereocenters. The Labute approximate surface area is 148 Å². The van der Waals surface area contributed by atoms with Crippen LogP contribution >= 0.6 is 0 Å². The smallest absolute Gasteiger partial charge is 0.0394 e. The molecular formula is C23H24Si. The molecule has 0 N–H and O–H groups in total. The van der Waals surface area contributed by atoms with Gasteiger partial charge >= 0.3 is 0 Å². The van der Waals surface area contributed by atoms with Crippen molar-refractivity contribution in [3.8, 4) is 0 Å². The van der Waals surface area contributed by atoms with Crippen LogP contribution in [0.25, 0.3) is 0 Å². The topological polar surface area (TPSA) is 0 Å². The zero-order valence-corrected chi connectivity index (χ0v) is 15.5. The Morgan fingerprint density at radius 3 is 1.62 bits per heavy atom. The van der Waals surface area contributed by atoms with Gasteiger partial charge in [-0.3, -0.25) is 0 Å². The summed E-state index contributed by atoms with van der Waals surface area (Å²) in [6.45, 7) is 4.42. The van der Waals surface area contributed by atoms with Gasteiger partial charge in [-0.1, -0.05) is 90.5 Å². The molecule has 0 spiro atoms. The van der Waals surface area contributed by atoms with Gasteiger partial charge < -0.3 is 0 Å². The zero-order chi connectivity index (χ0) is 16.8. The molecule has 0 aliphatic carbocycles. The van der Waals surface area contributed by atoms with Gasteiger partial charge in [-0.05, 0) is 48.1 Å². The summed E-state index contributed by atoms with van der Waals surface area (Å²) in [6, 6.07) is 28.1. The van der Waals surface area contributed by atoms with E-state index in [9.17, 15) is 0 Å². The van der Waals surface area contributed by atoms with E-state index in [1.807, 2.05) is 0 Å².